The molecule has 1 aliphatic rings. The molecule has 0 bridgehead atoms. The SMILES string of the molecule is Cc1ccc(-c2ccnc3nc(C4=CNCN(C)c5cnc(-c6cncc(NC(C)C)c6)cc54)[nH]c23)s1. The molecule has 5 aromatic rings. The Kier molecular flexibility index (Phi) is 5.84. The molecule has 0 amide bonds. The molecule has 0 atom stereocenters. The van der Waals surface area contributed by atoms with Crippen LogP contribution in [0.5, 0.6) is 0 Å². The fraction of sp³-hybridized carbons (Fsp3) is 0.214. The Morgan fingerprint density at radius 1 is 1.05 bits per heavy atom. The number of anilines is 2. The van der Waals surface area contributed by atoms with Crippen molar-refractivity contribution < 1.29 is 0 Å². The van der Waals surface area contributed by atoms with Crippen LogP contribution in [-0.4, -0.2) is 44.7 Å². The van der Waals surface area contributed by atoms with E-state index < -0.39 is 0 Å². The Morgan fingerprint density at radius 2 is 1.95 bits per heavy atom. The van der Waals surface area contributed by atoms with Crippen LogP contribution in [0, 0.1) is 6.92 Å². The van der Waals surface area contributed by atoms with Crippen molar-refractivity contribution in [2.24, 2.45) is 0 Å². The fourth-order valence-electron chi connectivity index (χ4n) is 4.58. The number of aromatic nitrogens is 5. The minimum Gasteiger partial charge on any atom is -0.382 e. The van der Waals surface area contributed by atoms with Crippen LogP contribution in [-0.2, 0) is 0 Å². The summed E-state index contributed by atoms with van der Waals surface area (Å²) < 4.78 is 0. The van der Waals surface area contributed by atoms with E-state index in [0.717, 1.165) is 50.7 Å². The molecule has 0 saturated carbocycles. The monoisotopic (exact) mass is 508 g/mol. The molecule has 0 aliphatic carbocycles. The molecular weight excluding hydrogens is 480 g/mol. The second kappa shape index (κ2) is 9.33. The number of nitrogens with zero attached hydrogens (tertiary/aromatic N) is 5. The topological polar surface area (TPSA) is 94.7 Å². The van der Waals surface area contributed by atoms with Crippen molar-refractivity contribution in [1.82, 2.24) is 30.2 Å². The number of H-pyrrole nitrogens is 1. The number of pyridine rings is 3. The van der Waals surface area contributed by atoms with Crippen molar-refractivity contribution in [3.05, 3.63) is 77.6 Å². The quantitative estimate of drug-likeness (QED) is 0.282. The lowest BCUT2D eigenvalue weighted by atomic mass is 10.0. The Bertz CT molecular complexity index is 1630. The van der Waals surface area contributed by atoms with Crippen molar-refractivity contribution in [1.29, 1.82) is 0 Å². The normalized spacial score (nSPS) is 13.3. The molecule has 1 aliphatic heterocycles. The van der Waals surface area contributed by atoms with E-state index in [9.17, 15) is 0 Å². The molecule has 0 radical (unpaired) electrons. The standard InChI is InChI=1S/C28H28N8S/c1-16(2)33-19-9-18(11-29-12-19)23-10-21-22(13-30-15-36(4)24(21)14-32-23)27-34-26-20(7-8-31-28(26)35-27)25-6-5-17(3)37-25/h5-14,16,30,33H,15H2,1-4H3,(H,31,34,35). The van der Waals surface area contributed by atoms with Crippen LogP contribution in [0.4, 0.5) is 11.4 Å². The second-order valence-corrected chi connectivity index (χ2v) is 10.8. The maximum atomic E-state index is 4.91. The highest BCUT2D eigenvalue weighted by Gasteiger charge is 2.22. The number of rotatable bonds is 5. The highest BCUT2D eigenvalue weighted by molar-refractivity contribution is 7.15. The van der Waals surface area contributed by atoms with Gasteiger partial charge >= 0.3 is 0 Å². The van der Waals surface area contributed by atoms with Gasteiger partial charge in [-0.2, -0.15) is 0 Å². The maximum absolute atomic E-state index is 4.91. The third-order valence-corrected chi connectivity index (χ3v) is 7.34. The second-order valence-electron chi connectivity index (χ2n) is 9.52. The lowest BCUT2D eigenvalue weighted by Gasteiger charge is -2.20. The van der Waals surface area contributed by atoms with E-state index in [0.29, 0.717) is 18.4 Å². The van der Waals surface area contributed by atoms with Gasteiger partial charge < -0.3 is 20.5 Å². The van der Waals surface area contributed by atoms with Crippen molar-refractivity contribution in [3.63, 3.8) is 0 Å². The van der Waals surface area contributed by atoms with Crippen LogP contribution < -0.4 is 15.5 Å². The van der Waals surface area contributed by atoms with Crippen LogP contribution in [0.15, 0.2) is 61.3 Å². The summed E-state index contributed by atoms with van der Waals surface area (Å²) in [5.74, 6) is 0.762. The van der Waals surface area contributed by atoms with Gasteiger partial charge in [-0.25, -0.2) is 9.97 Å². The minimum atomic E-state index is 0.316. The Labute approximate surface area is 219 Å². The van der Waals surface area contributed by atoms with Gasteiger partial charge in [-0.3, -0.25) is 9.97 Å². The number of hydrogen-bond acceptors (Lipinski definition) is 8. The highest BCUT2D eigenvalue weighted by Crippen LogP contribution is 2.37. The molecular formula is C28H28N8S. The molecule has 6 rings (SSSR count). The first kappa shape index (κ1) is 23.2. The summed E-state index contributed by atoms with van der Waals surface area (Å²) in [5.41, 5.74) is 8.53. The number of hydrogen-bond donors (Lipinski definition) is 3. The first-order valence-electron chi connectivity index (χ1n) is 12.3. The molecule has 9 heteroatoms. The first-order chi connectivity index (χ1) is 18.0. The average Bonchev–Trinajstić information content (AvgIpc) is 3.48. The number of nitrogens with one attached hydrogen (secondary N) is 3. The Morgan fingerprint density at radius 3 is 2.76 bits per heavy atom. The van der Waals surface area contributed by atoms with E-state index in [2.05, 4.69) is 82.6 Å². The molecule has 0 fully saturated rings. The van der Waals surface area contributed by atoms with Gasteiger partial charge in [-0.1, -0.05) is 0 Å². The molecule has 0 unspecified atom stereocenters. The van der Waals surface area contributed by atoms with Crippen LogP contribution in [0.25, 0.3) is 38.4 Å². The molecule has 5 aromatic heterocycles. The van der Waals surface area contributed by atoms with Crippen LogP contribution in [0.3, 0.4) is 0 Å². The summed E-state index contributed by atoms with van der Waals surface area (Å²) in [4.78, 5) is 26.9. The van der Waals surface area contributed by atoms with Gasteiger partial charge in [0.25, 0.3) is 0 Å². The lowest BCUT2D eigenvalue weighted by molar-refractivity contribution is 0.819. The minimum absolute atomic E-state index is 0.316. The van der Waals surface area contributed by atoms with Crippen molar-refractivity contribution in [3.8, 4) is 21.7 Å². The summed E-state index contributed by atoms with van der Waals surface area (Å²) >= 11 is 1.77. The van der Waals surface area contributed by atoms with Gasteiger partial charge in [-0.05, 0) is 51.1 Å². The predicted molar refractivity (Wildman–Crippen MR) is 152 cm³/mol. The smallest absolute Gasteiger partial charge is 0.178 e. The van der Waals surface area contributed by atoms with Gasteiger partial charge in [0, 0.05) is 69.9 Å². The summed E-state index contributed by atoms with van der Waals surface area (Å²) in [6, 6.07) is 10.9. The number of aryl methyl sites for hydroxylation is 1. The van der Waals surface area contributed by atoms with Gasteiger partial charge in [0.2, 0.25) is 0 Å². The molecule has 186 valence electrons. The van der Waals surface area contributed by atoms with Crippen LogP contribution in [0.1, 0.15) is 30.1 Å². The third-order valence-electron chi connectivity index (χ3n) is 6.30. The largest absolute Gasteiger partial charge is 0.382 e. The summed E-state index contributed by atoms with van der Waals surface area (Å²) in [6.07, 6.45) is 9.46. The first-order valence-corrected chi connectivity index (χ1v) is 13.1. The van der Waals surface area contributed by atoms with E-state index in [1.165, 1.54) is 9.75 Å². The summed E-state index contributed by atoms with van der Waals surface area (Å²) in [7, 11) is 2.05. The summed E-state index contributed by atoms with van der Waals surface area (Å²) in [5, 5.41) is 6.83. The molecule has 0 spiro atoms. The molecule has 37 heavy (non-hydrogen) atoms. The van der Waals surface area contributed by atoms with E-state index in [-0.39, 0.29) is 0 Å². The molecule has 3 N–H and O–H groups in total. The third kappa shape index (κ3) is 4.42. The highest BCUT2D eigenvalue weighted by atomic mass is 32.1. The molecule has 8 nitrogen and oxygen atoms in total. The lowest BCUT2D eigenvalue weighted by Crippen LogP contribution is -2.26. The molecule has 0 aromatic carbocycles. The van der Waals surface area contributed by atoms with Crippen LogP contribution in [0.2, 0.25) is 0 Å². The molecule has 0 saturated heterocycles. The number of imidazole rings is 1. The Balaban J connectivity index is 1.46. The average molecular weight is 509 g/mol. The maximum Gasteiger partial charge on any atom is 0.178 e. The fourth-order valence-corrected chi connectivity index (χ4v) is 5.48. The van der Waals surface area contributed by atoms with Gasteiger partial charge in [0.1, 0.15) is 5.82 Å². The van der Waals surface area contributed by atoms with E-state index >= 15 is 0 Å². The Hall–Kier alpha value is -4.24. The van der Waals surface area contributed by atoms with Crippen molar-refractivity contribution >= 4 is 39.4 Å². The zero-order valence-corrected chi connectivity index (χ0v) is 22.0. The van der Waals surface area contributed by atoms with Gasteiger partial charge in [-0.15, -0.1) is 11.3 Å². The zero-order chi connectivity index (χ0) is 25.5. The number of thiophene rings is 1. The van der Waals surface area contributed by atoms with Crippen LogP contribution >= 0.6 is 11.3 Å². The van der Waals surface area contributed by atoms with E-state index in [4.69, 9.17) is 9.97 Å². The van der Waals surface area contributed by atoms with Crippen molar-refractivity contribution in [2.75, 3.05) is 23.9 Å². The number of aromatic amines is 1. The zero-order valence-electron chi connectivity index (χ0n) is 21.2. The predicted octanol–water partition coefficient (Wildman–Crippen LogP) is 5.66. The molecule has 6 heterocycles. The van der Waals surface area contributed by atoms with E-state index in [1.807, 2.05) is 37.1 Å². The van der Waals surface area contributed by atoms with Gasteiger partial charge in [0.05, 0.1) is 35.5 Å². The van der Waals surface area contributed by atoms with Gasteiger partial charge in [0.15, 0.2) is 5.65 Å². The number of fused-ring (bicyclic) bond motifs is 2. The summed E-state index contributed by atoms with van der Waals surface area (Å²) in [6.45, 7) is 7.00. The van der Waals surface area contributed by atoms with Crippen molar-refractivity contribution in [2.45, 2.75) is 26.8 Å². The van der Waals surface area contributed by atoms with E-state index in [1.54, 1.807) is 11.3 Å².